The predicted octanol–water partition coefficient (Wildman–Crippen LogP) is 2.06. The van der Waals surface area contributed by atoms with Crippen LogP contribution in [0.3, 0.4) is 0 Å². The van der Waals surface area contributed by atoms with Crippen LogP contribution in [0.25, 0.3) is 0 Å². The largest absolute Gasteiger partial charge is 0.458 e. The summed E-state index contributed by atoms with van der Waals surface area (Å²) >= 11 is 0. The van der Waals surface area contributed by atoms with Gasteiger partial charge in [0.2, 0.25) is 0 Å². The molecule has 1 heterocycles. The normalized spacial score (nSPS) is 32.3. The van der Waals surface area contributed by atoms with Gasteiger partial charge in [-0.1, -0.05) is 18.7 Å². The summed E-state index contributed by atoms with van der Waals surface area (Å²) in [6.45, 7) is 7.09. The van der Waals surface area contributed by atoms with E-state index in [4.69, 9.17) is 9.47 Å². The van der Waals surface area contributed by atoms with Crippen LogP contribution in [0.2, 0.25) is 0 Å². The van der Waals surface area contributed by atoms with Gasteiger partial charge in [0.25, 0.3) is 0 Å². The van der Waals surface area contributed by atoms with Crippen LogP contribution in [0.1, 0.15) is 39.5 Å². The molecule has 6 nitrogen and oxygen atoms in total. The van der Waals surface area contributed by atoms with Crippen LogP contribution >= 0.6 is 0 Å². The van der Waals surface area contributed by atoms with Crippen molar-refractivity contribution in [2.75, 3.05) is 13.2 Å². The van der Waals surface area contributed by atoms with E-state index in [1.807, 2.05) is 6.08 Å². The Kier molecular flexibility index (Phi) is 7.17. The van der Waals surface area contributed by atoms with Crippen molar-refractivity contribution in [3.05, 3.63) is 35.5 Å². The van der Waals surface area contributed by atoms with Gasteiger partial charge in [0.05, 0.1) is 12.5 Å². The highest BCUT2D eigenvalue weighted by atomic mass is 16.6. The highest BCUT2D eigenvalue weighted by Crippen LogP contribution is 2.38. The number of ether oxygens (including phenoxy) is 2. The average molecular weight is 364 g/mol. The molecule has 0 spiro atoms. The number of fused-ring (bicyclic) bond motifs is 1. The standard InChI is InChI=1S/C20H28O6/c1-4-12(2)19(23)25-16-8-14(10-21)6-5-7-15(11-22)9-17-18(16)13(3)20(24)26-17/h4,6,15-18,21-22H,3,5,7-11H2,1-2H3/b12-4+,14-6+/t15-,16-,17-,18-/m1/s1. The van der Waals surface area contributed by atoms with Gasteiger partial charge in [0.1, 0.15) is 12.2 Å². The number of esters is 2. The Morgan fingerprint density at radius 2 is 2.19 bits per heavy atom. The summed E-state index contributed by atoms with van der Waals surface area (Å²) in [5.74, 6) is -1.48. The highest BCUT2D eigenvalue weighted by Gasteiger charge is 2.46. The average Bonchev–Trinajstić information content (AvgIpc) is 2.91. The maximum Gasteiger partial charge on any atom is 0.334 e. The lowest BCUT2D eigenvalue weighted by molar-refractivity contribution is -0.148. The lowest BCUT2D eigenvalue weighted by atomic mass is 9.81. The van der Waals surface area contributed by atoms with Crippen LogP contribution in [0.15, 0.2) is 35.5 Å². The fraction of sp³-hybridized carbons (Fsp3) is 0.600. The second-order valence-electron chi connectivity index (χ2n) is 7.00. The molecule has 0 amide bonds. The van der Waals surface area contributed by atoms with Gasteiger partial charge in [0.15, 0.2) is 0 Å². The number of allylic oxidation sites excluding steroid dienone is 2. The molecule has 2 aliphatic rings. The molecule has 0 unspecified atom stereocenters. The van der Waals surface area contributed by atoms with Crippen LogP contribution < -0.4 is 0 Å². The molecule has 0 bridgehead atoms. The van der Waals surface area contributed by atoms with Crippen molar-refractivity contribution >= 4 is 11.9 Å². The molecule has 1 aliphatic heterocycles. The van der Waals surface area contributed by atoms with E-state index in [9.17, 15) is 19.8 Å². The number of hydrogen-bond donors (Lipinski definition) is 2. The molecule has 26 heavy (non-hydrogen) atoms. The zero-order valence-corrected chi connectivity index (χ0v) is 15.4. The van der Waals surface area contributed by atoms with Crippen molar-refractivity contribution < 1.29 is 29.3 Å². The molecular formula is C20H28O6. The molecule has 1 aliphatic carbocycles. The minimum atomic E-state index is -0.655. The van der Waals surface area contributed by atoms with E-state index < -0.39 is 30.1 Å². The fourth-order valence-corrected chi connectivity index (χ4v) is 3.50. The molecule has 1 fully saturated rings. The quantitative estimate of drug-likeness (QED) is 0.451. The maximum absolute atomic E-state index is 12.3. The molecular weight excluding hydrogens is 336 g/mol. The van der Waals surface area contributed by atoms with Crippen molar-refractivity contribution in [2.24, 2.45) is 11.8 Å². The van der Waals surface area contributed by atoms with E-state index in [1.54, 1.807) is 19.9 Å². The van der Waals surface area contributed by atoms with Gasteiger partial charge < -0.3 is 19.7 Å². The Morgan fingerprint density at radius 3 is 2.81 bits per heavy atom. The summed E-state index contributed by atoms with van der Waals surface area (Å²) in [5, 5.41) is 19.3. The lowest BCUT2D eigenvalue weighted by Crippen LogP contribution is -2.36. The molecule has 0 aromatic rings. The minimum Gasteiger partial charge on any atom is -0.458 e. The Morgan fingerprint density at radius 1 is 1.46 bits per heavy atom. The first-order chi connectivity index (χ1) is 12.4. The first-order valence-electron chi connectivity index (χ1n) is 9.04. The molecule has 144 valence electrons. The third kappa shape index (κ3) is 4.62. The van der Waals surface area contributed by atoms with Crippen molar-refractivity contribution in [3.63, 3.8) is 0 Å². The van der Waals surface area contributed by atoms with Gasteiger partial charge in [-0.15, -0.1) is 0 Å². The van der Waals surface area contributed by atoms with Gasteiger partial charge in [-0.05, 0) is 44.6 Å². The van der Waals surface area contributed by atoms with Gasteiger partial charge >= 0.3 is 11.9 Å². The van der Waals surface area contributed by atoms with Crippen LogP contribution in [-0.4, -0.2) is 47.6 Å². The van der Waals surface area contributed by atoms with Crippen LogP contribution in [0, 0.1) is 11.8 Å². The van der Waals surface area contributed by atoms with Gasteiger partial charge in [-0.25, -0.2) is 9.59 Å². The van der Waals surface area contributed by atoms with Gasteiger partial charge in [-0.3, -0.25) is 0 Å². The Labute approximate surface area is 154 Å². The fourth-order valence-electron chi connectivity index (χ4n) is 3.50. The smallest absolute Gasteiger partial charge is 0.334 e. The lowest BCUT2D eigenvalue weighted by Gasteiger charge is -2.30. The van der Waals surface area contributed by atoms with E-state index in [0.29, 0.717) is 24.8 Å². The molecule has 2 N–H and O–H groups in total. The monoisotopic (exact) mass is 364 g/mol. The Bertz CT molecular complexity index is 618. The van der Waals surface area contributed by atoms with E-state index in [-0.39, 0.29) is 24.7 Å². The van der Waals surface area contributed by atoms with Crippen molar-refractivity contribution in [1.29, 1.82) is 0 Å². The maximum atomic E-state index is 12.3. The third-order valence-electron chi connectivity index (χ3n) is 5.24. The van der Waals surface area contributed by atoms with Crippen LogP contribution in [0.5, 0.6) is 0 Å². The summed E-state index contributed by atoms with van der Waals surface area (Å²) in [5.41, 5.74) is 1.49. The first kappa shape index (κ1) is 20.4. The molecule has 6 heteroatoms. The van der Waals surface area contributed by atoms with Crippen molar-refractivity contribution in [1.82, 2.24) is 0 Å². The number of aliphatic hydroxyl groups is 2. The zero-order chi connectivity index (χ0) is 19.3. The molecule has 0 aromatic heterocycles. The molecule has 0 aromatic carbocycles. The van der Waals surface area contributed by atoms with Crippen LogP contribution in [-0.2, 0) is 19.1 Å². The second-order valence-corrected chi connectivity index (χ2v) is 7.00. The molecule has 4 atom stereocenters. The summed E-state index contributed by atoms with van der Waals surface area (Å²) in [7, 11) is 0. The SMILES string of the molecule is C=C1C(=O)O[C@@H]2C[C@H](CO)CC/C=C(/CO)C[C@@H](OC(=O)/C(C)=C/C)[C@@H]12. The predicted molar refractivity (Wildman–Crippen MR) is 96.0 cm³/mol. The second kappa shape index (κ2) is 9.14. The number of aliphatic hydroxyl groups excluding tert-OH is 2. The van der Waals surface area contributed by atoms with E-state index in [1.165, 1.54) is 0 Å². The molecule has 1 saturated heterocycles. The summed E-state index contributed by atoms with van der Waals surface area (Å²) < 4.78 is 11.2. The van der Waals surface area contributed by atoms with Crippen molar-refractivity contribution in [2.45, 2.75) is 51.7 Å². The van der Waals surface area contributed by atoms with Gasteiger partial charge in [-0.2, -0.15) is 0 Å². The van der Waals surface area contributed by atoms with Crippen LogP contribution in [0.4, 0.5) is 0 Å². The number of rotatable bonds is 4. The molecule has 0 radical (unpaired) electrons. The zero-order valence-electron chi connectivity index (χ0n) is 15.4. The summed E-state index contributed by atoms with van der Waals surface area (Å²) in [6.07, 6.45) is 4.68. The van der Waals surface area contributed by atoms with Gasteiger partial charge in [0, 0.05) is 24.2 Å². The Balaban J connectivity index is 2.37. The third-order valence-corrected chi connectivity index (χ3v) is 5.24. The topological polar surface area (TPSA) is 93.1 Å². The summed E-state index contributed by atoms with van der Waals surface area (Å²) in [6, 6.07) is 0. The van der Waals surface area contributed by atoms with E-state index in [2.05, 4.69) is 6.58 Å². The highest BCUT2D eigenvalue weighted by molar-refractivity contribution is 5.91. The van der Waals surface area contributed by atoms with E-state index >= 15 is 0 Å². The number of hydrogen-bond acceptors (Lipinski definition) is 6. The number of carbonyl (C=O) groups is 2. The molecule has 2 rings (SSSR count). The van der Waals surface area contributed by atoms with E-state index in [0.717, 1.165) is 12.0 Å². The first-order valence-corrected chi connectivity index (χ1v) is 9.04. The number of carbonyl (C=O) groups excluding carboxylic acids is 2. The van der Waals surface area contributed by atoms with Crippen molar-refractivity contribution in [3.8, 4) is 0 Å². The summed E-state index contributed by atoms with van der Waals surface area (Å²) in [4.78, 5) is 24.4. The minimum absolute atomic E-state index is 0.0162. The molecule has 0 saturated carbocycles. The Hall–Kier alpha value is -1.92.